The van der Waals surface area contributed by atoms with Crippen LogP contribution < -0.4 is 0 Å². The van der Waals surface area contributed by atoms with Gasteiger partial charge in [-0.3, -0.25) is 0 Å². The number of benzene rings is 1. The Morgan fingerprint density at radius 2 is 2.21 bits per heavy atom. The number of hydrogen-bond donors (Lipinski definition) is 1. The highest BCUT2D eigenvalue weighted by Crippen LogP contribution is 2.28. The predicted octanol–water partition coefficient (Wildman–Crippen LogP) is 2.65. The number of aryl methyl sites for hydroxylation is 1. The molecule has 100 valence electrons. The minimum absolute atomic E-state index is 0.232. The average Bonchev–Trinajstić information content (AvgIpc) is 2.84. The van der Waals surface area contributed by atoms with Crippen LogP contribution in [-0.4, -0.2) is 21.3 Å². The molecule has 1 N–H and O–H groups in total. The molecule has 1 aromatic carbocycles. The zero-order chi connectivity index (χ0) is 13.2. The van der Waals surface area contributed by atoms with Gasteiger partial charge in [-0.05, 0) is 30.9 Å². The molecule has 1 aromatic heterocycles. The first-order valence-electron chi connectivity index (χ1n) is 6.99. The highest BCUT2D eigenvalue weighted by Gasteiger charge is 2.22. The van der Waals surface area contributed by atoms with Crippen LogP contribution in [0.4, 0.5) is 0 Å². The summed E-state index contributed by atoms with van der Waals surface area (Å²) < 4.78 is 2.30. The maximum absolute atomic E-state index is 9.44. The first-order valence-corrected chi connectivity index (χ1v) is 6.99. The van der Waals surface area contributed by atoms with E-state index in [9.17, 15) is 5.11 Å². The lowest BCUT2D eigenvalue weighted by molar-refractivity contribution is 0.240. The third kappa shape index (κ3) is 2.30. The van der Waals surface area contributed by atoms with Gasteiger partial charge in [-0.1, -0.05) is 24.3 Å². The lowest BCUT2D eigenvalue weighted by Gasteiger charge is -2.23. The lowest BCUT2D eigenvalue weighted by Crippen LogP contribution is -2.19. The molecule has 3 rings (SSSR count). The third-order valence-electron chi connectivity index (χ3n) is 4.15. The van der Waals surface area contributed by atoms with Crippen molar-refractivity contribution in [3.05, 3.63) is 53.1 Å². The molecule has 0 bridgehead atoms. The summed E-state index contributed by atoms with van der Waals surface area (Å²) in [7, 11) is 0. The molecule has 0 saturated heterocycles. The monoisotopic (exact) mass is 256 g/mol. The summed E-state index contributed by atoms with van der Waals surface area (Å²) in [5.41, 5.74) is 3.86. The number of aliphatic hydroxyl groups is 1. The smallest absolute Gasteiger partial charge is 0.113 e. The molecule has 1 aliphatic heterocycles. The van der Waals surface area contributed by atoms with Gasteiger partial charge < -0.3 is 9.67 Å². The van der Waals surface area contributed by atoms with Crippen molar-refractivity contribution in [1.29, 1.82) is 0 Å². The van der Waals surface area contributed by atoms with E-state index in [0.29, 0.717) is 0 Å². The fraction of sp³-hybridized carbons (Fsp3) is 0.438. The molecule has 1 aliphatic rings. The van der Waals surface area contributed by atoms with Crippen LogP contribution in [0.3, 0.4) is 0 Å². The highest BCUT2D eigenvalue weighted by molar-refractivity contribution is 5.29. The van der Waals surface area contributed by atoms with Crippen LogP contribution in [0.15, 0.2) is 30.5 Å². The largest absolute Gasteiger partial charge is 0.396 e. The van der Waals surface area contributed by atoms with E-state index in [1.54, 1.807) is 0 Å². The van der Waals surface area contributed by atoms with Crippen molar-refractivity contribution in [2.24, 2.45) is 0 Å². The van der Waals surface area contributed by atoms with Gasteiger partial charge in [0, 0.05) is 30.8 Å². The van der Waals surface area contributed by atoms with Gasteiger partial charge in [0.2, 0.25) is 0 Å². The molecule has 1 unspecified atom stereocenters. The zero-order valence-corrected chi connectivity index (χ0v) is 11.3. The van der Waals surface area contributed by atoms with Crippen LogP contribution in [0.5, 0.6) is 0 Å². The molecule has 3 heteroatoms. The van der Waals surface area contributed by atoms with E-state index in [0.717, 1.165) is 31.6 Å². The Morgan fingerprint density at radius 1 is 1.37 bits per heavy atom. The minimum atomic E-state index is 0.232. The van der Waals surface area contributed by atoms with Gasteiger partial charge >= 0.3 is 0 Å². The molecule has 0 radical (unpaired) electrons. The topological polar surface area (TPSA) is 38.0 Å². The second-order valence-electron chi connectivity index (χ2n) is 5.38. The third-order valence-corrected chi connectivity index (χ3v) is 4.15. The Labute approximate surface area is 113 Å². The van der Waals surface area contributed by atoms with Crippen LogP contribution in [0.25, 0.3) is 0 Å². The van der Waals surface area contributed by atoms with E-state index in [4.69, 9.17) is 0 Å². The van der Waals surface area contributed by atoms with Crippen molar-refractivity contribution in [2.75, 3.05) is 6.61 Å². The van der Waals surface area contributed by atoms with Crippen molar-refractivity contribution in [1.82, 2.24) is 9.55 Å². The first-order chi connectivity index (χ1) is 9.29. The molecule has 1 atom stereocenters. The molecule has 3 nitrogen and oxygen atoms in total. The molecule has 0 amide bonds. The summed E-state index contributed by atoms with van der Waals surface area (Å²) in [4.78, 5) is 4.58. The number of aromatic nitrogens is 2. The summed E-state index contributed by atoms with van der Waals surface area (Å²) >= 11 is 0. The summed E-state index contributed by atoms with van der Waals surface area (Å²) in [5, 5.41) is 9.44. The van der Waals surface area contributed by atoms with Gasteiger partial charge in [-0.25, -0.2) is 4.98 Å². The van der Waals surface area contributed by atoms with E-state index in [1.807, 2.05) is 6.20 Å². The standard InChI is InChI=1S/C16H20N2O/c1-12-5-2-3-6-13(12)9-16-17-10-15-14(11-19)7-4-8-18(15)16/h2-3,5-6,10,14,19H,4,7-9,11H2,1H3. The maximum Gasteiger partial charge on any atom is 0.113 e. The normalized spacial score (nSPS) is 18.3. The van der Waals surface area contributed by atoms with Crippen LogP contribution in [0.1, 0.15) is 41.4 Å². The van der Waals surface area contributed by atoms with Gasteiger partial charge in [0.1, 0.15) is 5.82 Å². The van der Waals surface area contributed by atoms with E-state index < -0.39 is 0 Å². The summed E-state index contributed by atoms with van der Waals surface area (Å²) in [6, 6.07) is 8.47. The summed E-state index contributed by atoms with van der Waals surface area (Å²) in [6.07, 6.45) is 5.04. The van der Waals surface area contributed by atoms with E-state index in [-0.39, 0.29) is 12.5 Å². The molecular formula is C16H20N2O. The maximum atomic E-state index is 9.44. The molecule has 0 fully saturated rings. The Morgan fingerprint density at radius 3 is 3.00 bits per heavy atom. The molecule has 2 heterocycles. The number of hydrogen-bond acceptors (Lipinski definition) is 2. The van der Waals surface area contributed by atoms with Gasteiger partial charge in [0.25, 0.3) is 0 Å². The Hall–Kier alpha value is -1.61. The van der Waals surface area contributed by atoms with Crippen molar-refractivity contribution in [2.45, 2.75) is 38.6 Å². The van der Waals surface area contributed by atoms with E-state index >= 15 is 0 Å². The highest BCUT2D eigenvalue weighted by atomic mass is 16.3. The molecule has 0 aliphatic carbocycles. The summed E-state index contributed by atoms with van der Waals surface area (Å²) in [6.45, 7) is 3.41. The number of imidazole rings is 1. The number of rotatable bonds is 3. The van der Waals surface area contributed by atoms with Gasteiger partial charge in [-0.2, -0.15) is 0 Å². The average molecular weight is 256 g/mol. The molecule has 0 spiro atoms. The quantitative estimate of drug-likeness (QED) is 0.916. The first kappa shape index (κ1) is 12.4. The number of fused-ring (bicyclic) bond motifs is 1. The van der Waals surface area contributed by atoms with E-state index in [1.165, 1.54) is 16.8 Å². The van der Waals surface area contributed by atoms with Crippen molar-refractivity contribution in [3.63, 3.8) is 0 Å². The molecule has 19 heavy (non-hydrogen) atoms. The minimum Gasteiger partial charge on any atom is -0.396 e. The lowest BCUT2D eigenvalue weighted by atomic mass is 9.97. The van der Waals surface area contributed by atoms with Gasteiger partial charge in [0.05, 0.1) is 6.61 Å². The van der Waals surface area contributed by atoms with Crippen molar-refractivity contribution < 1.29 is 5.11 Å². The van der Waals surface area contributed by atoms with Crippen LogP contribution in [0.2, 0.25) is 0 Å². The second-order valence-corrected chi connectivity index (χ2v) is 5.38. The Balaban J connectivity index is 1.91. The zero-order valence-electron chi connectivity index (χ0n) is 11.3. The second kappa shape index (κ2) is 5.17. The molecule has 2 aromatic rings. The van der Waals surface area contributed by atoms with Gasteiger partial charge in [0.15, 0.2) is 0 Å². The Bertz CT molecular complexity index is 574. The van der Waals surface area contributed by atoms with Crippen LogP contribution in [0, 0.1) is 6.92 Å². The van der Waals surface area contributed by atoms with Crippen LogP contribution in [-0.2, 0) is 13.0 Å². The fourth-order valence-corrected chi connectivity index (χ4v) is 2.96. The summed E-state index contributed by atoms with van der Waals surface area (Å²) in [5.74, 6) is 1.40. The van der Waals surface area contributed by atoms with Crippen LogP contribution >= 0.6 is 0 Å². The predicted molar refractivity (Wildman–Crippen MR) is 75.3 cm³/mol. The SMILES string of the molecule is Cc1ccccc1Cc1ncc2n1CCCC2CO. The van der Waals surface area contributed by atoms with Gasteiger partial charge in [-0.15, -0.1) is 0 Å². The molecule has 0 saturated carbocycles. The van der Waals surface area contributed by atoms with Crippen molar-refractivity contribution >= 4 is 0 Å². The number of aliphatic hydroxyl groups excluding tert-OH is 1. The molecular weight excluding hydrogens is 236 g/mol. The van der Waals surface area contributed by atoms with Crippen molar-refractivity contribution in [3.8, 4) is 0 Å². The van der Waals surface area contributed by atoms with E-state index in [2.05, 4.69) is 40.7 Å². The number of nitrogens with zero attached hydrogens (tertiary/aromatic N) is 2. The fourth-order valence-electron chi connectivity index (χ4n) is 2.96. The Kier molecular flexibility index (Phi) is 3.38.